The Hall–Kier alpha value is -1.38. The van der Waals surface area contributed by atoms with Crippen LogP contribution in [0, 0.1) is 0 Å². The summed E-state index contributed by atoms with van der Waals surface area (Å²) in [5, 5.41) is 3.33. The molecule has 132 valence electrons. The van der Waals surface area contributed by atoms with E-state index in [9.17, 15) is 9.59 Å². The summed E-state index contributed by atoms with van der Waals surface area (Å²) >= 11 is 8.19. The summed E-state index contributed by atoms with van der Waals surface area (Å²) in [7, 11) is 1.35. The zero-order valence-corrected chi connectivity index (χ0v) is 17.3. The molecule has 1 amide bonds. The first kappa shape index (κ1) is 18.4. The highest BCUT2D eigenvalue weighted by Crippen LogP contribution is 2.39. The first-order valence-electron chi connectivity index (χ1n) is 7.60. The molecule has 25 heavy (non-hydrogen) atoms. The number of halogens is 2. The van der Waals surface area contributed by atoms with Gasteiger partial charge in [-0.05, 0) is 59.0 Å². The molecule has 1 aromatic carbocycles. The second-order valence-corrected chi connectivity index (χ2v) is 8.34. The van der Waals surface area contributed by atoms with Crippen molar-refractivity contribution in [1.29, 1.82) is 0 Å². The minimum absolute atomic E-state index is 0.149. The number of thiophene rings is 1. The zero-order valence-electron chi connectivity index (χ0n) is 13.4. The number of anilines is 1. The molecule has 0 spiro atoms. The number of benzene rings is 1. The monoisotopic (exact) mass is 487 g/mol. The molecule has 2 aromatic rings. The number of nitrogens with one attached hydrogen (secondary N) is 1. The molecular formula is C17H15Br2NO4S. The average molecular weight is 489 g/mol. The van der Waals surface area contributed by atoms with Crippen LogP contribution in [0.2, 0.25) is 0 Å². The molecule has 1 N–H and O–H groups in total. The minimum Gasteiger partial charge on any atom is -0.483 e. The molecule has 1 heterocycles. The van der Waals surface area contributed by atoms with E-state index < -0.39 is 5.97 Å². The van der Waals surface area contributed by atoms with E-state index >= 15 is 0 Å². The molecule has 8 heteroatoms. The highest BCUT2D eigenvalue weighted by Gasteiger charge is 2.28. The van der Waals surface area contributed by atoms with Gasteiger partial charge in [-0.2, -0.15) is 0 Å². The van der Waals surface area contributed by atoms with Gasteiger partial charge in [0.15, 0.2) is 6.61 Å². The van der Waals surface area contributed by atoms with Crippen molar-refractivity contribution >= 4 is 60.1 Å². The van der Waals surface area contributed by atoms with Crippen molar-refractivity contribution in [1.82, 2.24) is 0 Å². The minimum atomic E-state index is -0.411. The summed E-state index contributed by atoms with van der Waals surface area (Å²) in [5.41, 5.74) is 1.49. The Labute approximate surface area is 166 Å². The molecular weight excluding hydrogens is 474 g/mol. The van der Waals surface area contributed by atoms with Crippen LogP contribution in [0.5, 0.6) is 5.75 Å². The van der Waals surface area contributed by atoms with Gasteiger partial charge in [0, 0.05) is 9.35 Å². The van der Waals surface area contributed by atoms with Gasteiger partial charge < -0.3 is 14.8 Å². The smallest absolute Gasteiger partial charge is 0.341 e. The highest BCUT2D eigenvalue weighted by molar-refractivity contribution is 9.11. The second kappa shape index (κ2) is 7.88. The molecule has 5 nitrogen and oxygen atoms in total. The number of carbonyl (C=O) groups excluding carboxylic acids is 2. The number of methoxy groups -OCH3 is 1. The maximum absolute atomic E-state index is 12.2. The van der Waals surface area contributed by atoms with Crippen LogP contribution in [0.4, 0.5) is 5.00 Å². The van der Waals surface area contributed by atoms with Crippen LogP contribution in [0.1, 0.15) is 27.2 Å². The van der Waals surface area contributed by atoms with E-state index in [4.69, 9.17) is 9.47 Å². The van der Waals surface area contributed by atoms with Gasteiger partial charge in [-0.1, -0.05) is 15.9 Å². The fraction of sp³-hybridized carbons (Fsp3) is 0.294. The number of rotatable bonds is 5. The summed E-state index contributed by atoms with van der Waals surface area (Å²) < 4.78 is 12.1. The molecule has 1 aliphatic carbocycles. The predicted octanol–water partition coefficient (Wildman–Crippen LogP) is 4.57. The molecule has 0 saturated carbocycles. The second-order valence-electron chi connectivity index (χ2n) is 5.46. The third kappa shape index (κ3) is 4.07. The number of amides is 1. The van der Waals surface area contributed by atoms with Crippen LogP contribution in [0.25, 0.3) is 0 Å². The van der Waals surface area contributed by atoms with Crippen LogP contribution in [0.15, 0.2) is 27.1 Å². The number of ether oxygens (including phenoxy) is 2. The largest absolute Gasteiger partial charge is 0.483 e. The third-order valence-corrected chi connectivity index (χ3v) is 6.14. The number of hydrogen-bond acceptors (Lipinski definition) is 5. The van der Waals surface area contributed by atoms with Gasteiger partial charge in [0.1, 0.15) is 10.8 Å². The van der Waals surface area contributed by atoms with Crippen LogP contribution >= 0.6 is 43.2 Å². The molecule has 0 atom stereocenters. The summed E-state index contributed by atoms with van der Waals surface area (Å²) in [6.45, 7) is -0.149. The first-order valence-corrected chi connectivity index (χ1v) is 10.0. The Morgan fingerprint density at radius 2 is 2.08 bits per heavy atom. The molecule has 0 fully saturated rings. The topological polar surface area (TPSA) is 64.6 Å². The van der Waals surface area contributed by atoms with Gasteiger partial charge in [-0.3, -0.25) is 4.79 Å². The van der Waals surface area contributed by atoms with E-state index in [1.54, 1.807) is 6.07 Å². The van der Waals surface area contributed by atoms with Crippen molar-refractivity contribution in [3.63, 3.8) is 0 Å². The van der Waals surface area contributed by atoms with Gasteiger partial charge in [-0.15, -0.1) is 11.3 Å². The lowest BCUT2D eigenvalue weighted by Gasteiger charge is -2.10. The Balaban J connectivity index is 1.70. The standard InChI is InChI=1S/C17H15Br2NO4S/c1-23-17(22)15-10-3-2-4-13(10)25-16(15)20-14(21)8-24-12-6-5-9(18)7-11(12)19/h5-7H,2-4,8H2,1H3,(H,20,21). The van der Waals surface area contributed by atoms with Gasteiger partial charge >= 0.3 is 5.97 Å². The van der Waals surface area contributed by atoms with Crippen LogP contribution < -0.4 is 10.1 Å². The van der Waals surface area contributed by atoms with Crippen LogP contribution in [-0.4, -0.2) is 25.6 Å². The van der Waals surface area contributed by atoms with Crippen molar-refractivity contribution in [3.05, 3.63) is 43.1 Å². The van der Waals surface area contributed by atoms with Crippen molar-refractivity contribution in [2.75, 3.05) is 19.0 Å². The van der Waals surface area contributed by atoms with Crippen molar-refractivity contribution in [2.24, 2.45) is 0 Å². The fourth-order valence-electron chi connectivity index (χ4n) is 2.71. The Morgan fingerprint density at radius 3 is 2.80 bits per heavy atom. The SMILES string of the molecule is COC(=O)c1c(NC(=O)COc2ccc(Br)cc2Br)sc2c1CCC2. The number of carbonyl (C=O) groups is 2. The maximum Gasteiger partial charge on any atom is 0.341 e. The summed E-state index contributed by atoms with van der Waals surface area (Å²) in [6, 6.07) is 5.44. The lowest BCUT2D eigenvalue weighted by atomic mass is 10.1. The van der Waals surface area contributed by atoms with E-state index in [1.165, 1.54) is 18.4 Å². The lowest BCUT2D eigenvalue weighted by molar-refractivity contribution is -0.118. The molecule has 3 rings (SSSR count). The zero-order chi connectivity index (χ0) is 18.0. The molecule has 0 saturated heterocycles. The van der Waals surface area contributed by atoms with Gasteiger partial charge in [0.2, 0.25) is 0 Å². The van der Waals surface area contributed by atoms with Crippen LogP contribution in [0.3, 0.4) is 0 Å². The van der Waals surface area contributed by atoms with Crippen LogP contribution in [-0.2, 0) is 22.4 Å². The molecule has 0 bridgehead atoms. The number of fused-ring (bicyclic) bond motifs is 1. The number of aryl methyl sites for hydroxylation is 1. The van der Waals surface area contributed by atoms with Gasteiger partial charge in [0.25, 0.3) is 5.91 Å². The van der Waals surface area contributed by atoms with E-state index in [1.807, 2.05) is 12.1 Å². The van der Waals surface area contributed by atoms with Crippen molar-refractivity contribution in [2.45, 2.75) is 19.3 Å². The summed E-state index contributed by atoms with van der Waals surface area (Å²) in [5.74, 6) is -0.161. The normalized spacial score (nSPS) is 12.6. The van der Waals surface area contributed by atoms with Crippen molar-refractivity contribution in [3.8, 4) is 5.75 Å². The third-order valence-electron chi connectivity index (χ3n) is 3.82. The first-order chi connectivity index (χ1) is 12.0. The van der Waals surface area contributed by atoms with E-state index in [2.05, 4.69) is 37.2 Å². The Kier molecular flexibility index (Phi) is 5.81. The number of hydrogen-bond donors (Lipinski definition) is 1. The average Bonchev–Trinajstić information content (AvgIpc) is 3.14. The molecule has 0 aliphatic heterocycles. The predicted molar refractivity (Wildman–Crippen MR) is 104 cm³/mol. The van der Waals surface area contributed by atoms with Gasteiger partial charge in [0.05, 0.1) is 17.1 Å². The van der Waals surface area contributed by atoms with Crippen molar-refractivity contribution < 1.29 is 19.1 Å². The molecule has 0 radical (unpaired) electrons. The Morgan fingerprint density at radius 1 is 1.28 bits per heavy atom. The molecule has 1 aromatic heterocycles. The van der Waals surface area contributed by atoms with E-state index in [-0.39, 0.29) is 12.5 Å². The lowest BCUT2D eigenvalue weighted by Crippen LogP contribution is -2.21. The highest BCUT2D eigenvalue weighted by atomic mass is 79.9. The summed E-state index contributed by atoms with van der Waals surface area (Å²) in [6.07, 6.45) is 2.80. The van der Waals surface area contributed by atoms with E-state index in [0.29, 0.717) is 16.3 Å². The quantitative estimate of drug-likeness (QED) is 0.626. The number of esters is 1. The fourth-order valence-corrected chi connectivity index (χ4v) is 5.16. The van der Waals surface area contributed by atoms with Gasteiger partial charge in [-0.25, -0.2) is 4.79 Å². The molecule has 1 aliphatic rings. The Bertz CT molecular complexity index is 834. The molecule has 0 unspecified atom stereocenters. The maximum atomic E-state index is 12.2. The van der Waals surface area contributed by atoms with E-state index in [0.717, 1.165) is 38.6 Å². The summed E-state index contributed by atoms with van der Waals surface area (Å²) in [4.78, 5) is 25.5.